The molecule has 2 heterocycles. The molecule has 0 spiro atoms. The Morgan fingerprint density at radius 2 is 2.35 bits per heavy atom. The molecule has 1 fully saturated rings. The summed E-state index contributed by atoms with van der Waals surface area (Å²) < 4.78 is 22.5. The summed E-state index contributed by atoms with van der Waals surface area (Å²) in [7, 11) is -3.02. The normalized spacial score (nSPS) is 20.7. The van der Waals surface area contributed by atoms with E-state index in [0.29, 0.717) is 6.42 Å². The van der Waals surface area contributed by atoms with E-state index in [9.17, 15) is 18.0 Å². The number of H-pyrrole nitrogens is 1. The van der Waals surface area contributed by atoms with Gasteiger partial charge in [0.1, 0.15) is 5.82 Å². The third-order valence-corrected chi connectivity index (χ3v) is 5.32. The molecule has 0 bridgehead atoms. The molecule has 0 unspecified atom stereocenters. The number of nitrogens with zero attached hydrogens (tertiary/aromatic N) is 1. The molecule has 10 heteroatoms. The zero-order valence-electron chi connectivity index (χ0n) is 10.5. The van der Waals surface area contributed by atoms with E-state index >= 15 is 0 Å². The van der Waals surface area contributed by atoms with E-state index in [2.05, 4.69) is 15.3 Å². The average molecular weight is 318 g/mol. The quantitative estimate of drug-likeness (QED) is 0.466. The standard InChI is InChI=1S/C10H14N4O4S2/c11-7-3-8(15)14-10(13-7)19-4-9(16)12-6-1-2-20(17,18)5-6/h3,6H,1-2,4-5H2,(H,12,16)(H3,11,13,14,15)/t6-/m1/s1. The lowest BCUT2D eigenvalue weighted by Gasteiger charge is -2.10. The fraction of sp³-hybridized carbons (Fsp3) is 0.500. The van der Waals surface area contributed by atoms with Gasteiger partial charge in [0.15, 0.2) is 15.0 Å². The van der Waals surface area contributed by atoms with Gasteiger partial charge in [0.2, 0.25) is 5.91 Å². The molecule has 1 aliphatic rings. The van der Waals surface area contributed by atoms with Crippen molar-refractivity contribution in [3.8, 4) is 0 Å². The summed E-state index contributed by atoms with van der Waals surface area (Å²) in [6.07, 6.45) is 0.437. The van der Waals surface area contributed by atoms with Crippen molar-refractivity contribution in [1.29, 1.82) is 0 Å². The van der Waals surface area contributed by atoms with Crippen LogP contribution in [-0.2, 0) is 14.6 Å². The topological polar surface area (TPSA) is 135 Å². The van der Waals surface area contributed by atoms with Gasteiger partial charge in [0.25, 0.3) is 5.56 Å². The molecule has 0 aromatic carbocycles. The van der Waals surface area contributed by atoms with Crippen LogP contribution in [-0.4, -0.2) is 47.6 Å². The third kappa shape index (κ3) is 4.23. The summed E-state index contributed by atoms with van der Waals surface area (Å²) in [6, 6.07) is 0.814. The second kappa shape index (κ2) is 5.83. The monoisotopic (exact) mass is 318 g/mol. The van der Waals surface area contributed by atoms with Crippen molar-refractivity contribution in [1.82, 2.24) is 15.3 Å². The minimum Gasteiger partial charge on any atom is -0.383 e. The van der Waals surface area contributed by atoms with Crippen molar-refractivity contribution in [2.75, 3.05) is 23.0 Å². The maximum absolute atomic E-state index is 11.7. The largest absolute Gasteiger partial charge is 0.383 e. The number of nitrogen functional groups attached to an aromatic ring is 1. The molecule has 1 aliphatic heterocycles. The van der Waals surface area contributed by atoms with Crippen LogP contribution >= 0.6 is 11.8 Å². The predicted molar refractivity (Wildman–Crippen MR) is 75.2 cm³/mol. The van der Waals surface area contributed by atoms with Gasteiger partial charge in [-0.05, 0) is 6.42 Å². The predicted octanol–water partition coefficient (Wildman–Crippen LogP) is -1.25. The minimum atomic E-state index is -3.02. The first-order valence-corrected chi connectivity index (χ1v) is 8.64. The summed E-state index contributed by atoms with van der Waals surface area (Å²) in [6.45, 7) is 0. The molecule has 8 nitrogen and oxygen atoms in total. The van der Waals surface area contributed by atoms with E-state index in [0.717, 1.165) is 17.8 Å². The highest BCUT2D eigenvalue weighted by molar-refractivity contribution is 7.99. The summed E-state index contributed by atoms with van der Waals surface area (Å²) >= 11 is 1.03. The van der Waals surface area contributed by atoms with E-state index in [-0.39, 0.29) is 45.7 Å². The van der Waals surface area contributed by atoms with Crippen LogP contribution in [0.3, 0.4) is 0 Å². The van der Waals surface area contributed by atoms with Crippen LogP contribution in [0.1, 0.15) is 6.42 Å². The molecule has 1 aromatic rings. The Morgan fingerprint density at radius 1 is 1.60 bits per heavy atom. The van der Waals surface area contributed by atoms with Crippen molar-refractivity contribution in [2.45, 2.75) is 17.6 Å². The van der Waals surface area contributed by atoms with E-state index in [1.165, 1.54) is 0 Å². The second-order valence-electron chi connectivity index (χ2n) is 4.43. The molecule has 110 valence electrons. The number of anilines is 1. The van der Waals surface area contributed by atoms with Gasteiger partial charge in [-0.2, -0.15) is 0 Å². The number of rotatable bonds is 4. The number of hydrogen-bond acceptors (Lipinski definition) is 7. The van der Waals surface area contributed by atoms with E-state index < -0.39 is 9.84 Å². The molecule has 2 rings (SSSR count). The Bertz CT molecular complexity index is 670. The first-order chi connectivity index (χ1) is 9.34. The first-order valence-electron chi connectivity index (χ1n) is 5.83. The van der Waals surface area contributed by atoms with Gasteiger partial charge in [-0.3, -0.25) is 9.59 Å². The fourth-order valence-electron chi connectivity index (χ4n) is 1.83. The SMILES string of the molecule is Nc1cc(=O)[nH]c(SCC(=O)N[C@@H]2CCS(=O)(=O)C2)n1. The Balaban J connectivity index is 1.85. The summed E-state index contributed by atoms with van der Waals surface area (Å²) in [5, 5.41) is 2.90. The number of nitrogens with one attached hydrogen (secondary N) is 2. The van der Waals surface area contributed by atoms with Crippen LogP contribution < -0.4 is 16.6 Å². The van der Waals surface area contributed by atoms with Crippen LogP contribution in [0, 0.1) is 0 Å². The molecular formula is C10H14N4O4S2. The van der Waals surface area contributed by atoms with Gasteiger partial charge in [0, 0.05) is 12.1 Å². The fourth-order valence-corrected chi connectivity index (χ4v) is 4.20. The number of hydrogen-bond donors (Lipinski definition) is 3. The van der Waals surface area contributed by atoms with Gasteiger partial charge in [-0.25, -0.2) is 13.4 Å². The average Bonchev–Trinajstić information content (AvgIpc) is 2.65. The lowest BCUT2D eigenvalue weighted by Crippen LogP contribution is -2.36. The van der Waals surface area contributed by atoms with Crippen LogP contribution in [0.25, 0.3) is 0 Å². The van der Waals surface area contributed by atoms with Crippen molar-refractivity contribution in [2.24, 2.45) is 0 Å². The van der Waals surface area contributed by atoms with Gasteiger partial charge in [0.05, 0.1) is 17.3 Å². The van der Waals surface area contributed by atoms with Gasteiger partial charge in [-0.15, -0.1) is 0 Å². The van der Waals surface area contributed by atoms with Crippen LogP contribution in [0.15, 0.2) is 16.0 Å². The number of carbonyl (C=O) groups excluding carboxylic acids is 1. The zero-order valence-corrected chi connectivity index (χ0v) is 12.1. The number of amides is 1. The van der Waals surface area contributed by atoms with E-state index in [1.54, 1.807) is 0 Å². The van der Waals surface area contributed by atoms with Crippen LogP contribution in [0.5, 0.6) is 0 Å². The molecule has 1 saturated heterocycles. The summed E-state index contributed by atoms with van der Waals surface area (Å²) in [5.74, 6) is -0.102. The molecule has 4 N–H and O–H groups in total. The molecule has 1 amide bonds. The number of nitrogens with two attached hydrogens (primary N) is 1. The molecule has 0 radical (unpaired) electrons. The number of carbonyl (C=O) groups is 1. The van der Waals surface area contributed by atoms with Crippen molar-refractivity contribution in [3.63, 3.8) is 0 Å². The van der Waals surface area contributed by atoms with Crippen molar-refractivity contribution < 1.29 is 13.2 Å². The maximum Gasteiger partial charge on any atom is 0.253 e. The second-order valence-corrected chi connectivity index (χ2v) is 7.62. The van der Waals surface area contributed by atoms with Crippen molar-refractivity contribution in [3.05, 3.63) is 16.4 Å². The third-order valence-electron chi connectivity index (χ3n) is 2.68. The number of sulfone groups is 1. The molecule has 1 aromatic heterocycles. The lowest BCUT2D eigenvalue weighted by atomic mass is 10.3. The van der Waals surface area contributed by atoms with Crippen LogP contribution in [0.2, 0.25) is 0 Å². The Kier molecular flexibility index (Phi) is 4.33. The molecule has 0 aliphatic carbocycles. The van der Waals surface area contributed by atoms with Gasteiger partial charge in [-0.1, -0.05) is 11.8 Å². The highest BCUT2D eigenvalue weighted by atomic mass is 32.2. The molecule has 0 saturated carbocycles. The minimum absolute atomic E-state index is 0.0171. The highest BCUT2D eigenvalue weighted by Crippen LogP contribution is 2.14. The summed E-state index contributed by atoms with van der Waals surface area (Å²) in [5.41, 5.74) is 5.03. The summed E-state index contributed by atoms with van der Waals surface area (Å²) in [4.78, 5) is 29.1. The number of aromatic nitrogens is 2. The first kappa shape index (κ1) is 14.9. The van der Waals surface area contributed by atoms with E-state index in [4.69, 9.17) is 5.73 Å². The maximum atomic E-state index is 11.7. The lowest BCUT2D eigenvalue weighted by molar-refractivity contribution is -0.119. The molecular weight excluding hydrogens is 304 g/mol. The zero-order chi connectivity index (χ0) is 14.8. The molecule has 20 heavy (non-hydrogen) atoms. The van der Waals surface area contributed by atoms with Gasteiger partial charge < -0.3 is 16.0 Å². The Morgan fingerprint density at radius 3 is 2.95 bits per heavy atom. The Labute approximate surface area is 119 Å². The number of aromatic amines is 1. The number of thioether (sulfide) groups is 1. The van der Waals surface area contributed by atoms with Gasteiger partial charge >= 0.3 is 0 Å². The van der Waals surface area contributed by atoms with E-state index in [1.807, 2.05) is 0 Å². The van der Waals surface area contributed by atoms with Crippen molar-refractivity contribution >= 4 is 33.3 Å². The smallest absolute Gasteiger partial charge is 0.253 e. The Hall–Kier alpha value is -1.55. The van der Waals surface area contributed by atoms with Crippen LogP contribution in [0.4, 0.5) is 5.82 Å². The molecule has 1 atom stereocenters. The highest BCUT2D eigenvalue weighted by Gasteiger charge is 2.28.